The summed E-state index contributed by atoms with van der Waals surface area (Å²) >= 11 is 0. The van der Waals surface area contributed by atoms with E-state index in [1.807, 2.05) is 30.3 Å². The van der Waals surface area contributed by atoms with Gasteiger partial charge in [0.1, 0.15) is 11.5 Å². The van der Waals surface area contributed by atoms with Gasteiger partial charge >= 0.3 is 0 Å². The summed E-state index contributed by atoms with van der Waals surface area (Å²) in [5.74, 6) is -0.263. The first kappa shape index (κ1) is 17.4. The number of halogens is 1. The SMILES string of the molecule is O=C(Nc1ccn(-c2ccccc2)n1)c1nn(-c2ccccc2F)c2c1CCC2. The lowest BCUT2D eigenvalue weighted by molar-refractivity contribution is 0.102. The lowest BCUT2D eigenvalue weighted by Crippen LogP contribution is -2.15. The number of para-hydroxylation sites is 2. The molecule has 1 amide bonds. The third-order valence-electron chi connectivity index (χ3n) is 5.08. The Hall–Kier alpha value is -3.74. The normalized spacial score (nSPS) is 12.7. The van der Waals surface area contributed by atoms with E-state index in [9.17, 15) is 9.18 Å². The van der Waals surface area contributed by atoms with Gasteiger partial charge in [-0.3, -0.25) is 4.79 Å². The molecule has 0 fully saturated rings. The summed E-state index contributed by atoms with van der Waals surface area (Å²) in [6.45, 7) is 0. The largest absolute Gasteiger partial charge is 0.304 e. The number of anilines is 1. The van der Waals surface area contributed by atoms with Crippen LogP contribution in [0.4, 0.5) is 10.2 Å². The molecule has 0 bridgehead atoms. The molecule has 0 spiro atoms. The Balaban J connectivity index is 1.45. The van der Waals surface area contributed by atoms with Gasteiger partial charge in [-0.2, -0.15) is 10.2 Å². The van der Waals surface area contributed by atoms with E-state index in [1.54, 1.807) is 39.8 Å². The number of amides is 1. The van der Waals surface area contributed by atoms with Crippen LogP contribution in [0.2, 0.25) is 0 Å². The summed E-state index contributed by atoms with van der Waals surface area (Å²) in [6, 6.07) is 17.8. The maximum absolute atomic E-state index is 14.3. The van der Waals surface area contributed by atoms with E-state index in [2.05, 4.69) is 15.5 Å². The molecule has 0 aliphatic heterocycles. The van der Waals surface area contributed by atoms with Gasteiger partial charge in [-0.1, -0.05) is 30.3 Å². The standard InChI is InChI=1S/C22H18FN5O/c23-17-10-4-5-11-19(17)28-18-12-6-9-16(18)21(26-28)22(29)24-20-13-14-27(25-20)15-7-2-1-3-8-15/h1-5,7-8,10-11,13-14H,6,9,12H2,(H,24,25,29). The molecule has 0 saturated carbocycles. The van der Waals surface area contributed by atoms with Crippen molar-refractivity contribution in [3.8, 4) is 11.4 Å². The number of carbonyl (C=O) groups is 1. The van der Waals surface area contributed by atoms with Gasteiger partial charge in [0.25, 0.3) is 5.91 Å². The number of nitrogens with one attached hydrogen (secondary N) is 1. The molecule has 5 rings (SSSR count). The number of benzene rings is 2. The Labute approximate surface area is 166 Å². The Morgan fingerprint density at radius 1 is 0.966 bits per heavy atom. The topological polar surface area (TPSA) is 64.7 Å². The molecule has 0 unspecified atom stereocenters. The summed E-state index contributed by atoms with van der Waals surface area (Å²) in [7, 11) is 0. The van der Waals surface area contributed by atoms with Crippen LogP contribution >= 0.6 is 0 Å². The summed E-state index contributed by atoms with van der Waals surface area (Å²) in [6.07, 6.45) is 4.23. The van der Waals surface area contributed by atoms with Crippen LogP contribution in [0.25, 0.3) is 11.4 Å². The molecule has 0 atom stereocenters. The van der Waals surface area contributed by atoms with Crippen molar-refractivity contribution in [3.05, 3.63) is 89.6 Å². The molecule has 4 aromatic rings. The number of fused-ring (bicyclic) bond motifs is 1. The fourth-order valence-electron chi connectivity index (χ4n) is 3.73. The van der Waals surface area contributed by atoms with Crippen molar-refractivity contribution in [2.45, 2.75) is 19.3 Å². The maximum atomic E-state index is 14.3. The van der Waals surface area contributed by atoms with E-state index in [0.717, 1.165) is 36.2 Å². The van der Waals surface area contributed by atoms with E-state index < -0.39 is 0 Å². The molecule has 0 saturated heterocycles. The van der Waals surface area contributed by atoms with Crippen molar-refractivity contribution in [1.29, 1.82) is 0 Å². The van der Waals surface area contributed by atoms with E-state index in [-0.39, 0.29) is 11.7 Å². The molecule has 1 aliphatic rings. The van der Waals surface area contributed by atoms with Crippen molar-refractivity contribution in [3.63, 3.8) is 0 Å². The van der Waals surface area contributed by atoms with Crippen LogP contribution in [-0.2, 0) is 12.8 Å². The number of carbonyl (C=O) groups excluding carboxylic acids is 1. The van der Waals surface area contributed by atoms with Crippen LogP contribution in [0.5, 0.6) is 0 Å². The molecular formula is C22H18FN5O. The number of aromatic nitrogens is 4. The molecule has 2 aromatic heterocycles. The smallest absolute Gasteiger partial charge is 0.277 e. The second kappa shape index (κ2) is 7.01. The minimum atomic E-state index is -0.363. The molecule has 1 aliphatic carbocycles. The van der Waals surface area contributed by atoms with Crippen LogP contribution in [-0.4, -0.2) is 25.5 Å². The molecule has 0 radical (unpaired) electrons. The molecule has 2 aromatic carbocycles. The third-order valence-corrected chi connectivity index (χ3v) is 5.08. The first-order valence-electron chi connectivity index (χ1n) is 9.49. The second-order valence-corrected chi connectivity index (χ2v) is 6.93. The lowest BCUT2D eigenvalue weighted by atomic mass is 10.2. The fraction of sp³-hybridized carbons (Fsp3) is 0.136. The average Bonchev–Trinajstić information content (AvgIpc) is 3.46. The quantitative estimate of drug-likeness (QED) is 0.577. The average molecular weight is 387 g/mol. The Bertz CT molecular complexity index is 1200. The van der Waals surface area contributed by atoms with Gasteiger partial charge in [0.2, 0.25) is 0 Å². The summed E-state index contributed by atoms with van der Waals surface area (Å²) in [5.41, 5.74) is 3.37. The highest BCUT2D eigenvalue weighted by molar-refractivity contribution is 6.03. The van der Waals surface area contributed by atoms with Crippen molar-refractivity contribution in [1.82, 2.24) is 19.6 Å². The van der Waals surface area contributed by atoms with Gasteiger partial charge in [-0.15, -0.1) is 0 Å². The summed E-state index contributed by atoms with van der Waals surface area (Å²) in [5, 5.41) is 11.7. The van der Waals surface area contributed by atoms with Gasteiger partial charge < -0.3 is 5.32 Å². The fourth-order valence-corrected chi connectivity index (χ4v) is 3.73. The van der Waals surface area contributed by atoms with Crippen molar-refractivity contribution in [2.24, 2.45) is 0 Å². The minimum absolute atomic E-state index is 0.329. The Morgan fingerprint density at radius 3 is 2.59 bits per heavy atom. The monoisotopic (exact) mass is 387 g/mol. The van der Waals surface area contributed by atoms with Crippen molar-refractivity contribution < 1.29 is 9.18 Å². The van der Waals surface area contributed by atoms with E-state index in [0.29, 0.717) is 17.2 Å². The van der Waals surface area contributed by atoms with Crippen LogP contribution in [0.15, 0.2) is 66.9 Å². The molecule has 7 heteroatoms. The van der Waals surface area contributed by atoms with Gasteiger partial charge in [0.05, 0.1) is 5.69 Å². The predicted octanol–water partition coefficient (Wildman–Crippen LogP) is 3.94. The molecule has 2 heterocycles. The number of rotatable bonds is 4. The molecule has 29 heavy (non-hydrogen) atoms. The van der Waals surface area contributed by atoms with Gasteiger partial charge in [0, 0.05) is 23.5 Å². The number of nitrogens with zero attached hydrogens (tertiary/aromatic N) is 4. The van der Waals surface area contributed by atoms with E-state index in [1.165, 1.54) is 6.07 Å². The number of hydrogen-bond donors (Lipinski definition) is 1. The second-order valence-electron chi connectivity index (χ2n) is 6.93. The van der Waals surface area contributed by atoms with Crippen molar-refractivity contribution in [2.75, 3.05) is 5.32 Å². The van der Waals surface area contributed by atoms with Gasteiger partial charge in [-0.25, -0.2) is 13.8 Å². The zero-order valence-electron chi connectivity index (χ0n) is 15.5. The van der Waals surface area contributed by atoms with Crippen LogP contribution in [0.1, 0.15) is 28.2 Å². The highest BCUT2D eigenvalue weighted by Crippen LogP contribution is 2.29. The highest BCUT2D eigenvalue weighted by atomic mass is 19.1. The maximum Gasteiger partial charge on any atom is 0.277 e. The molecular weight excluding hydrogens is 369 g/mol. The van der Waals surface area contributed by atoms with Crippen molar-refractivity contribution >= 4 is 11.7 Å². The van der Waals surface area contributed by atoms with E-state index >= 15 is 0 Å². The zero-order chi connectivity index (χ0) is 19.8. The summed E-state index contributed by atoms with van der Waals surface area (Å²) in [4.78, 5) is 12.9. The first-order chi connectivity index (χ1) is 14.2. The van der Waals surface area contributed by atoms with Crippen LogP contribution in [0.3, 0.4) is 0 Å². The van der Waals surface area contributed by atoms with Gasteiger partial charge in [-0.05, 0) is 43.5 Å². The predicted molar refractivity (Wildman–Crippen MR) is 107 cm³/mol. The first-order valence-corrected chi connectivity index (χ1v) is 9.49. The Morgan fingerprint density at radius 2 is 1.76 bits per heavy atom. The molecule has 1 N–H and O–H groups in total. The number of hydrogen-bond acceptors (Lipinski definition) is 3. The highest BCUT2D eigenvalue weighted by Gasteiger charge is 2.28. The summed E-state index contributed by atoms with van der Waals surface area (Å²) < 4.78 is 17.5. The zero-order valence-corrected chi connectivity index (χ0v) is 15.5. The Kier molecular flexibility index (Phi) is 4.20. The van der Waals surface area contributed by atoms with Gasteiger partial charge in [0.15, 0.2) is 11.5 Å². The minimum Gasteiger partial charge on any atom is -0.304 e. The third kappa shape index (κ3) is 3.10. The molecule has 144 valence electrons. The lowest BCUT2D eigenvalue weighted by Gasteiger charge is -2.06. The van der Waals surface area contributed by atoms with Crippen LogP contribution < -0.4 is 5.32 Å². The van der Waals surface area contributed by atoms with E-state index in [4.69, 9.17) is 0 Å². The molecule has 6 nitrogen and oxygen atoms in total. The van der Waals surface area contributed by atoms with Crippen LogP contribution in [0, 0.1) is 5.82 Å².